The highest BCUT2D eigenvalue weighted by Crippen LogP contribution is 2.42. The molecule has 1 unspecified atom stereocenters. The Morgan fingerprint density at radius 2 is 1.60 bits per heavy atom. The highest BCUT2D eigenvalue weighted by molar-refractivity contribution is 4.86. The lowest BCUT2D eigenvalue weighted by molar-refractivity contribution is -0.311. The monoisotopic (exact) mass is 237 g/mol. The van der Waals surface area contributed by atoms with Crippen molar-refractivity contribution >= 4 is 0 Å². The summed E-state index contributed by atoms with van der Waals surface area (Å²) in [5, 5.41) is 2.43. The second kappa shape index (κ2) is 4.17. The topological polar surface area (TPSA) is 21.3 Å². The van der Waals surface area contributed by atoms with Crippen molar-refractivity contribution in [3.8, 4) is 0 Å². The molecule has 0 bridgehead atoms. The number of alkyl halides is 6. The molecular weight excluding hydrogens is 228 g/mol. The molecule has 0 amide bonds. The molecule has 0 aromatic rings. The minimum Gasteiger partial charge on any atom is -0.375 e. The SMILES string of the molecule is FC(F)(F)C(C1CNCCO1)C(F)(F)F. The number of hydrogen-bond donors (Lipinski definition) is 1. The van der Waals surface area contributed by atoms with E-state index < -0.39 is 30.9 Å². The molecule has 1 fully saturated rings. The van der Waals surface area contributed by atoms with E-state index in [1.165, 1.54) is 0 Å². The van der Waals surface area contributed by atoms with E-state index in [9.17, 15) is 26.3 Å². The van der Waals surface area contributed by atoms with Crippen LogP contribution in [-0.2, 0) is 4.74 Å². The van der Waals surface area contributed by atoms with Gasteiger partial charge in [0, 0.05) is 13.1 Å². The van der Waals surface area contributed by atoms with Crippen LogP contribution >= 0.6 is 0 Å². The lowest BCUT2D eigenvalue weighted by atomic mass is 10.00. The molecule has 1 N–H and O–H groups in total. The largest absolute Gasteiger partial charge is 0.403 e. The molecule has 8 heteroatoms. The van der Waals surface area contributed by atoms with Crippen molar-refractivity contribution in [2.75, 3.05) is 19.7 Å². The predicted octanol–water partition coefficient (Wildman–Crippen LogP) is 1.72. The first-order valence-electron chi connectivity index (χ1n) is 4.18. The van der Waals surface area contributed by atoms with Gasteiger partial charge in [-0.15, -0.1) is 0 Å². The molecule has 1 saturated heterocycles. The molecule has 15 heavy (non-hydrogen) atoms. The Morgan fingerprint density at radius 1 is 1.07 bits per heavy atom. The molecule has 1 aliphatic rings. The van der Waals surface area contributed by atoms with Gasteiger partial charge >= 0.3 is 12.4 Å². The molecule has 0 radical (unpaired) electrons. The average molecular weight is 237 g/mol. The number of hydrogen-bond acceptors (Lipinski definition) is 2. The Balaban J connectivity index is 2.80. The van der Waals surface area contributed by atoms with Crippen LogP contribution in [0.4, 0.5) is 26.3 Å². The summed E-state index contributed by atoms with van der Waals surface area (Å²) in [7, 11) is 0. The second-order valence-electron chi connectivity index (χ2n) is 3.17. The van der Waals surface area contributed by atoms with Gasteiger partial charge < -0.3 is 10.1 Å². The van der Waals surface area contributed by atoms with Crippen LogP contribution in [0.3, 0.4) is 0 Å². The van der Waals surface area contributed by atoms with E-state index >= 15 is 0 Å². The summed E-state index contributed by atoms with van der Waals surface area (Å²) in [4.78, 5) is 0. The maximum absolute atomic E-state index is 12.2. The molecule has 0 saturated carbocycles. The molecule has 2 nitrogen and oxygen atoms in total. The van der Waals surface area contributed by atoms with Gasteiger partial charge in [-0.1, -0.05) is 0 Å². The van der Waals surface area contributed by atoms with E-state index in [2.05, 4.69) is 10.1 Å². The van der Waals surface area contributed by atoms with Crippen LogP contribution in [-0.4, -0.2) is 38.2 Å². The lowest BCUT2D eigenvalue weighted by Crippen LogP contribution is -2.52. The second-order valence-corrected chi connectivity index (χ2v) is 3.17. The van der Waals surface area contributed by atoms with E-state index in [1.54, 1.807) is 0 Å². The molecule has 0 aromatic heterocycles. The Labute approximate surface area is 81.6 Å². The number of ether oxygens (including phenoxy) is 1. The molecule has 0 spiro atoms. The predicted molar refractivity (Wildman–Crippen MR) is 38.2 cm³/mol. The van der Waals surface area contributed by atoms with Gasteiger partial charge in [0.25, 0.3) is 0 Å². The van der Waals surface area contributed by atoms with E-state index in [-0.39, 0.29) is 13.2 Å². The van der Waals surface area contributed by atoms with Crippen LogP contribution in [0, 0.1) is 5.92 Å². The number of halogens is 6. The fraction of sp³-hybridized carbons (Fsp3) is 1.00. The molecule has 1 aliphatic heterocycles. The highest BCUT2D eigenvalue weighted by Gasteiger charge is 2.60. The van der Waals surface area contributed by atoms with Crippen LogP contribution in [0.5, 0.6) is 0 Å². The van der Waals surface area contributed by atoms with Crippen molar-refractivity contribution < 1.29 is 31.1 Å². The smallest absolute Gasteiger partial charge is 0.375 e. The van der Waals surface area contributed by atoms with E-state index in [4.69, 9.17) is 0 Å². The molecule has 0 aliphatic carbocycles. The molecule has 1 atom stereocenters. The third-order valence-corrected chi connectivity index (χ3v) is 2.03. The van der Waals surface area contributed by atoms with Gasteiger partial charge in [0.05, 0.1) is 12.7 Å². The maximum Gasteiger partial charge on any atom is 0.403 e. The van der Waals surface area contributed by atoms with Gasteiger partial charge in [-0.05, 0) is 0 Å². The van der Waals surface area contributed by atoms with E-state index in [0.29, 0.717) is 0 Å². The molecule has 90 valence electrons. The van der Waals surface area contributed by atoms with Crippen LogP contribution in [0.25, 0.3) is 0 Å². The van der Waals surface area contributed by atoms with E-state index in [0.717, 1.165) is 0 Å². The first-order valence-corrected chi connectivity index (χ1v) is 4.18. The zero-order valence-electron chi connectivity index (χ0n) is 7.45. The summed E-state index contributed by atoms with van der Waals surface area (Å²) in [6, 6.07) is 0. The van der Waals surface area contributed by atoms with Gasteiger partial charge in [-0.3, -0.25) is 0 Å². The number of rotatable bonds is 1. The molecule has 1 heterocycles. The van der Waals surface area contributed by atoms with Crippen molar-refractivity contribution in [1.82, 2.24) is 5.32 Å². The number of morpholine rings is 1. The first-order chi connectivity index (χ1) is 6.73. The summed E-state index contributed by atoms with van der Waals surface area (Å²) in [6.07, 6.45) is -12.6. The van der Waals surface area contributed by atoms with Gasteiger partial charge in [0.15, 0.2) is 5.92 Å². The van der Waals surface area contributed by atoms with Crippen molar-refractivity contribution in [1.29, 1.82) is 0 Å². The highest BCUT2D eigenvalue weighted by atomic mass is 19.4. The van der Waals surface area contributed by atoms with E-state index in [1.807, 2.05) is 0 Å². The Hall–Kier alpha value is -0.500. The first kappa shape index (κ1) is 12.6. The fourth-order valence-corrected chi connectivity index (χ4v) is 1.41. The minimum atomic E-state index is -5.33. The number of nitrogens with one attached hydrogen (secondary N) is 1. The van der Waals surface area contributed by atoms with Crippen LogP contribution in [0.2, 0.25) is 0 Å². The van der Waals surface area contributed by atoms with Crippen LogP contribution in [0.15, 0.2) is 0 Å². The van der Waals surface area contributed by atoms with Gasteiger partial charge in [-0.2, -0.15) is 26.3 Å². The quantitative estimate of drug-likeness (QED) is 0.701. The lowest BCUT2D eigenvalue weighted by Gasteiger charge is -2.33. The summed E-state index contributed by atoms with van der Waals surface area (Å²) in [5.41, 5.74) is 0. The average Bonchev–Trinajstić information content (AvgIpc) is 2.00. The normalized spacial score (nSPS) is 24.6. The van der Waals surface area contributed by atoms with Gasteiger partial charge in [0.2, 0.25) is 0 Å². The van der Waals surface area contributed by atoms with Gasteiger partial charge in [-0.25, -0.2) is 0 Å². The molecule has 0 aromatic carbocycles. The third kappa shape index (κ3) is 3.23. The summed E-state index contributed by atoms with van der Waals surface area (Å²) >= 11 is 0. The summed E-state index contributed by atoms with van der Waals surface area (Å²) in [5.74, 6) is -3.42. The van der Waals surface area contributed by atoms with Crippen molar-refractivity contribution in [3.05, 3.63) is 0 Å². The van der Waals surface area contributed by atoms with Crippen molar-refractivity contribution in [2.24, 2.45) is 5.92 Å². The maximum atomic E-state index is 12.2. The Morgan fingerprint density at radius 3 is 1.93 bits per heavy atom. The summed E-state index contributed by atoms with van der Waals surface area (Å²) < 4.78 is 77.5. The zero-order valence-corrected chi connectivity index (χ0v) is 7.45. The van der Waals surface area contributed by atoms with Gasteiger partial charge in [0.1, 0.15) is 0 Å². The Bertz CT molecular complexity index is 193. The van der Waals surface area contributed by atoms with Crippen LogP contribution < -0.4 is 5.32 Å². The van der Waals surface area contributed by atoms with Crippen molar-refractivity contribution in [2.45, 2.75) is 18.5 Å². The summed E-state index contributed by atoms with van der Waals surface area (Å²) in [6.45, 7) is -0.323. The fourth-order valence-electron chi connectivity index (χ4n) is 1.41. The standard InChI is InChI=1S/C7H9F6NO/c8-6(9,10)5(7(11,12)13)4-3-14-1-2-15-4/h4-5,14H,1-3H2. The Kier molecular flexibility index (Phi) is 3.49. The minimum absolute atomic E-state index is 0.146. The third-order valence-electron chi connectivity index (χ3n) is 2.03. The molecule has 1 rings (SSSR count). The zero-order chi connectivity index (χ0) is 11.7. The van der Waals surface area contributed by atoms with Crippen LogP contribution in [0.1, 0.15) is 0 Å². The van der Waals surface area contributed by atoms with Crippen molar-refractivity contribution in [3.63, 3.8) is 0 Å². The molecular formula is C7H9F6NO.